The number of anilines is 1. The van der Waals surface area contributed by atoms with Crippen LogP contribution in [-0.4, -0.2) is 40.1 Å². The van der Waals surface area contributed by atoms with E-state index in [1.54, 1.807) is 33.8 Å². The van der Waals surface area contributed by atoms with Gasteiger partial charge in [0, 0.05) is 43.7 Å². The summed E-state index contributed by atoms with van der Waals surface area (Å²) in [7, 11) is 3.66. The lowest BCUT2D eigenvalue weighted by Crippen LogP contribution is -2.34. The zero-order chi connectivity index (χ0) is 18.8. The van der Waals surface area contributed by atoms with E-state index >= 15 is 0 Å². The number of amides is 2. The summed E-state index contributed by atoms with van der Waals surface area (Å²) in [5.41, 5.74) is 3.53. The van der Waals surface area contributed by atoms with Gasteiger partial charge in [-0.25, -0.2) is 0 Å². The number of aromatic nitrogens is 2. The third-order valence-corrected chi connectivity index (χ3v) is 4.99. The van der Waals surface area contributed by atoms with Gasteiger partial charge in [-0.3, -0.25) is 14.3 Å². The summed E-state index contributed by atoms with van der Waals surface area (Å²) in [5, 5.41) is 4.18. The first-order chi connectivity index (χ1) is 12.4. The first kappa shape index (κ1) is 17.9. The predicted octanol–water partition coefficient (Wildman–Crippen LogP) is 2.72. The number of aryl methyl sites for hydroxylation is 2. The second kappa shape index (κ2) is 7.15. The van der Waals surface area contributed by atoms with Gasteiger partial charge in [-0.15, -0.1) is 0 Å². The molecule has 0 spiro atoms. The fraction of sp³-hybridized carbons (Fsp3) is 0.350. The van der Waals surface area contributed by atoms with E-state index in [1.165, 1.54) is 6.08 Å². The van der Waals surface area contributed by atoms with Crippen LogP contribution in [0.5, 0.6) is 0 Å². The molecule has 0 aliphatic carbocycles. The van der Waals surface area contributed by atoms with Gasteiger partial charge in [-0.1, -0.05) is 6.58 Å². The van der Waals surface area contributed by atoms with Crippen LogP contribution in [0.2, 0.25) is 0 Å². The Morgan fingerprint density at radius 3 is 2.81 bits per heavy atom. The molecule has 3 rings (SSSR count). The molecule has 6 nitrogen and oxygen atoms in total. The number of benzene rings is 1. The molecule has 0 fully saturated rings. The van der Waals surface area contributed by atoms with Crippen molar-refractivity contribution in [2.24, 2.45) is 7.05 Å². The highest BCUT2D eigenvalue weighted by Gasteiger charge is 2.24. The van der Waals surface area contributed by atoms with E-state index < -0.39 is 0 Å². The van der Waals surface area contributed by atoms with Crippen molar-refractivity contribution in [1.29, 1.82) is 0 Å². The molecule has 1 aliphatic heterocycles. The molecular weight excluding hydrogens is 328 g/mol. The number of carbonyl (C=O) groups is 2. The second-order valence-electron chi connectivity index (χ2n) is 6.68. The normalized spacial score (nSPS) is 14.5. The summed E-state index contributed by atoms with van der Waals surface area (Å²) in [6.07, 6.45) is 6.77. The van der Waals surface area contributed by atoms with Gasteiger partial charge in [-0.2, -0.15) is 5.10 Å². The number of fused-ring (bicyclic) bond motifs is 1. The maximum Gasteiger partial charge on any atom is 0.254 e. The molecule has 2 aromatic rings. The van der Waals surface area contributed by atoms with Crippen molar-refractivity contribution in [3.8, 4) is 0 Å². The van der Waals surface area contributed by atoms with Crippen molar-refractivity contribution >= 4 is 17.5 Å². The van der Waals surface area contributed by atoms with Crippen LogP contribution >= 0.6 is 0 Å². The summed E-state index contributed by atoms with van der Waals surface area (Å²) in [6, 6.07) is 5.49. The molecule has 1 aliphatic rings. The smallest absolute Gasteiger partial charge is 0.254 e. The van der Waals surface area contributed by atoms with E-state index in [2.05, 4.69) is 11.7 Å². The van der Waals surface area contributed by atoms with Crippen LogP contribution < -0.4 is 4.90 Å². The van der Waals surface area contributed by atoms with Crippen molar-refractivity contribution in [2.45, 2.75) is 25.8 Å². The summed E-state index contributed by atoms with van der Waals surface area (Å²) < 4.78 is 1.73. The second-order valence-corrected chi connectivity index (χ2v) is 6.68. The largest absolute Gasteiger partial charge is 0.335 e. The summed E-state index contributed by atoms with van der Waals surface area (Å²) in [4.78, 5) is 28.4. The lowest BCUT2D eigenvalue weighted by atomic mass is 9.98. The number of nitrogens with zero attached hydrogens (tertiary/aromatic N) is 4. The van der Waals surface area contributed by atoms with Crippen molar-refractivity contribution in [3.05, 3.63) is 59.9 Å². The Morgan fingerprint density at radius 1 is 1.38 bits per heavy atom. The Bertz CT molecular complexity index is 855. The summed E-state index contributed by atoms with van der Waals surface area (Å²) in [6.45, 7) is 6.24. The molecule has 1 atom stereocenters. The topological polar surface area (TPSA) is 58.4 Å². The average molecular weight is 352 g/mol. The first-order valence-corrected chi connectivity index (χ1v) is 8.75. The maximum atomic E-state index is 12.9. The highest BCUT2D eigenvalue weighted by Crippen LogP contribution is 2.29. The Hall–Kier alpha value is -2.89. The van der Waals surface area contributed by atoms with E-state index in [4.69, 9.17) is 0 Å². The van der Waals surface area contributed by atoms with Gasteiger partial charge in [0.1, 0.15) is 0 Å². The Morgan fingerprint density at radius 2 is 2.15 bits per heavy atom. The highest BCUT2D eigenvalue weighted by molar-refractivity contribution is 6.02. The van der Waals surface area contributed by atoms with E-state index in [-0.39, 0.29) is 17.9 Å². The van der Waals surface area contributed by atoms with Gasteiger partial charge in [0.2, 0.25) is 5.91 Å². The van der Waals surface area contributed by atoms with Crippen LogP contribution in [0.3, 0.4) is 0 Å². The van der Waals surface area contributed by atoms with E-state index in [9.17, 15) is 9.59 Å². The predicted molar refractivity (Wildman–Crippen MR) is 101 cm³/mol. The fourth-order valence-electron chi connectivity index (χ4n) is 3.33. The zero-order valence-electron chi connectivity index (χ0n) is 15.5. The third kappa shape index (κ3) is 3.27. The van der Waals surface area contributed by atoms with Gasteiger partial charge >= 0.3 is 0 Å². The monoisotopic (exact) mass is 352 g/mol. The highest BCUT2D eigenvalue weighted by atomic mass is 16.2. The standard InChI is InChI=1S/C20H24N4O2/c1-5-19(25)24-10-6-7-15-11-16(8-9-18(15)24)20(26)23(4)14(2)17-12-21-22(3)13-17/h5,8-9,11-14H,1,6-7,10H2,2-4H3. The molecule has 1 unspecified atom stereocenters. The first-order valence-electron chi connectivity index (χ1n) is 8.75. The summed E-state index contributed by atoms with van der Waals surface area (Å²) in [5.74, 6) is -0.149. The third-order valence-electron chi connectivity index (χ3n) is 4.99. The molecule has 0 N–H and O–H groups in total. The van der Waals surface area contributed by atoms with Crippen molar-refractivity contribution in [1.82, 2.24) is 14.7 Å². The lowest BCUT2D eigenvalue weighted by Gasteiger charge is -2.30. The molecule has 1 aromatic carbocycles. The van der Waals surface area contributed by atoms with Gasteiger partial charge in [0.25, 0.3) is 5.91 Å². The van der Waals surface area contributed by atoms with Crippen molar-refractivity contribution in [2.75, 3.05) is 18.5 Å². The van der Waals surface area contributed by atoms with Crippen LogP contribution in [0.25, 0.3) is 0 Å². The number of hydrogen-bond donors (Lipinski definition) is 0. The minimum absolute atomic E-state index is 0.0451. The van der Waals surface area contributed by atoms with Crippen LogP contribution in [0, 0.1) is 0 Å². The molecule has 2 amide bonds. The minimum atomic E-state index is -0.104. The molecule has 136 valence electrons. The van der Waals surface area contributed by atoms with E-state index in [0.717, 1.165) is 29.7 Å². The molecule has 0 radical (unpaired) electrons. The van der Waals surface area contributed by atoms with E-state index in [0.29, 0.717) is 12.1 Å². The Labute approximate surface area is 153 Å². The van der Waals surface area contributed by atoms with Crippen LogP contribution in [0.1, 0.15) is 40.9 Å². The van der Waals surface area contributed by atoms with Crippen LogP contribution in [-0.2, 0) is 18.3 Å². The Balaban J connectivity index is 1.84. The molecule has 26 heavy (non-hydrogen) atoms. The fourth-order valence-corrected chi connectivity index (χ4v) is 3.33. The lowest BCUT2D eigenvalue weighted by molar-refractivity contribution is -0.114. The quantitative estimate of drug-likeness (QED) is 0.795. The average Bonchev–Trinajstić information content (AvgIpc) is 3.10. The molecule has 0 saturated heterocycles. The van der Waals surface area contributed by atoms with Crippen molar-refractivity contribution < 1.29 is 9.59 Å². The number of hydrogen-bond acceptors (Lipinski definition) is 3. The Kier molecular flexibility index (Phi) is 4.93. The number of rotatable bonds is 4. The van der Waals surface area contributed by atoms with Gasteiger partial charge in [0.15, 0.2) is 0 Å². The number of carbonyl (C=O) groups excluding carboxylic acids is 2. The van der Waals surface area contributed by atoms with Gasteiger partial charge < -0.3 is 9.80 Å². The minimum Gasteiger partial charge on any atom is -0.335 e. The van der Waals surface area contributed by atoms with Gasteiger partial charge in [0.05, 0.1) is 12.2 Å². The molecule has 0 bridgehead atoms. The van der Waals surface area contributed by atoms with E-state index in [1.807, 2.05) is 32.3 Å². The van der Waals surface area contributed by atoms with Crippen LogP contribution in [0.15, 0.2) is 43.2 Å². The molecular formula is C20H24N4O2. The molecule has 1 aromatic heterocycles. The zero-order valence-corrected chi connectivity index (χ0v) is 15.5. The van der Waals surface area contributed by atoms with Gasteiger partial charge in [-0.05, 0) is 49.6 Å². The molecule has 6 heteroatoms. The molecule has 2 heterocycles. The van der Waals surface area contributed by atoms with Crippen LogP contribution in [0.4, 0.5) is 5.69 Å². The molecule has 0 saturated carbocycles. The van der Waals surface area contributed by atoms with Crippen molar-refractivity contribution in [3.63, 3.8) is 0 Å². The summed E-state index contributed by atoms with van der Waals surface area (Å²) >= 11 is 0. The SMILES string of the molecule is C=CC(=O)N1CCCc2cc(C(=O)N(C)C(C)c3cnn(C)c3)ccc21. The maximum absolute atomic E-state index is 12.9.